The Labute approximate surface area is 193 Å². The van der Waals surface area contributed by atoms with Crippen molar-refractivity contribution in [3.05, 3.63) is 53.1 Å². The number of carbonyl (C=O) groups excluding carboxylic acids is 1. The number of sulfonamides is 1. The van der Waals surface area contributed by atoms with Crippen LogP contribution in [-0.2, 0) is 10.0 Å². The second kappa shape index (κ2) is 10.1. The summed E-state index contributed by atoms with van der Waals surface area (Å²) in [6.45, 7) is 4.43. The number of ether oxygens (including phenoxy) is 1. The number of likely N-dealkylation sites (N-methyl/N-ethyl adjacent to an activating group) is 1. The van der Waals surface area contributed by atoms with Gasteiger partial charge in [0.15, 0.2) is 5.75 Å². The number of nitrogens with one attached hydrogen (secondary N) is 2. The fourth-order valence-electron chi connectivity index (χ4n) is 3.59. The first-order valence-corrected chi connectivity index (χ1v) is 12.2. The van der Waals surface area contributed by atoms with Crippen molar-refractivity contribution < 1.29 is 23.1 Å². The largest absolute Gasteiger partial charge is 0.486 e. The minimum Gasteiger partial charge on any atom is -0.486 e. The van der Waals surface area contributed by atoms with Gasteiger partial charge in [0.1, 0.15) is 6.10 Å². The summed E-state index contributed by atoms with van der Waals surface area (Å²) in [6.07, 6.45) is -0.332. The number of para-hydroxylation sites is 1. The molecule has 3 N–H and O–H groups in total. The van der Waals surface area contributed by atoms with Crippen molar-refractivity contribution in [2.45, 2.75) is 30.9 Å². The van der Waals surface area contributed by atoms with Crippen molar-refractivity contribution in [1.29, 1.82) is 0 Å². The Hall–Kier alpha value is -2.33. The molecule has 10 heteroatoms. The highest BCUT2D eigenvalue weighted by Crippen LogP contribution is 2.35. The van der Waals surface area contributed by atoms with Gasteiger partial charge < -0.3 is 20.1 Å². The lowest BCUT2D eigenvalue weighted by molar-refractivity contribution is 0.0417. The van der Waals surface area contributed by atoms with Gasteiger partial charge in [-0.15, -0.1) is 0 Å². The molecule has 0 spiro atoms. The Bertz CT molecular complexity index is 1060. The molecule has 0 saturated carbocycles. The summed E-state index contributed by atoms with van der Waals surface area (Å²) in [5.41, 5.74) is 0.396. The van der Waals surface area contributed by atoms with Crippen molar-refractivity contribution in [2.75, 3.05) is 31.5 Å². The van der Waals surface area contributed by atoms with E-state index in [0.717, 1.165) is 0 Å². The van der Waals surface area contributed by atoms with Gasteiger partial charge in [0, 0.05) is 24.0 Å². The molecule has 0 fully saturated rings. The average Bonchev–Trinajstić information content (AvgIpc) is 2.76. The minimum absolute atomic E-state index is 0.0346. The maximum Gasteiger partial charge on any atom is 0.262 e. The Morgan fingerprint density at radius 2 is 1.94 bits per heavy atom. The van der Waals surface area contributed by atoms with Gasteiger partial charge in [-0.05, 0) is 50.4 Å². The van der Waals surface area contributed by atoms with Gasteiger partial charge in [0.25, 0.3) is 15.9 Å². The fraction of sp³-hybridized carbons (Fsp3) is 0.409. The number of amides is 1. The molecule has 2 aromatic carbocycles. The molecule has 2 aromatic rings. The molecular weight excluding hydrogens is 454 g/mol. The van der Waals surface area contributed by atoms with Gasteiger partial charge >= 0.3 is 0 Å². The number of carbonyl (C=O) groups is 1. The van der Waals surface area contributed by atoms with Crippen molar-refractivity contribution in [3.63, 3.8) is 0 Å². The van der Waals surface area contributed by atoms with Crippen LogP contribution < -0.4 is 14.8 Å². The third-order valence-corrected chi connectivity index (χ3v) is 7.10. The zero-order valence-electron chi connectivity index (χ0n) is 18.2. The van der Waals surface area contributed by atoms with Gasteiger partial charge in [0.05, 0.1) is 28.8 Å². The lowest BCUT2D eigenvalue weighted by Crippen LogP contribution is -2.49. The molecule has 0 aromatic heterocycles. The Morgan fingerprint density at radius 3 is 2.56 bits per heavy atom. The van der Waals surface area contributed by atoms with Crippen LogP contribution in [0.3, 0.4) is 0 Å². The Morgan fingerprint density at radius 1 is 1.25 bits per heavy atom. The summed E-state index contributed by atoms with van der Waals surface area (Å²) < 4.78 is 34.7. The molecule has 0 saturated heterocycles. The topological polar surface area (TPSA) is 108 Å². The number of fused-ring (bicyclic) bond motifs is 1. The van der Waals surface area contributed by atoms with Crippen LogP contribution in [0, 0.1) is 5.92 Å². The van der Waals surface area contributed by atoms with Crippen LogP contribution in [0.4, 0.5) is 5.69 Å². The van der Waals surface area contributed by atoms with Crippen LogP contribution in [0.25, 0.3) is 0 Å². The first kappa shape index (κ1) is 24.3. The zero-order chi connectivity index (χ0) is 23.5. The molecule has 3 atom stereocenters. The Kier molecular flexibility index (Phi) is 7.66. The van der Waals surface area contributed by atoms with Crippen LogP contribution >= 0.6 is 11.6 Å². The van der Waals surface area contributed by atoms with E-state index in [1.807, 2.05) is 6.92 Å². The Balaban J connectivity index is 2.08. The molecule has 1 aliphatic rings. The fourth-order valence-corrected chi connectivity index (χ4v) is 4.77. The molecule has 0 radical (unpaired) electrons. The normalized spacial score (nSPS) is 20.0. The highest BCUT2D eigenvalue weighted by Gasteiger charge is 2.34. The number of halogens is 1. The summed E-state index contributed by atoms with van der Waals surface area (Å²) in [7, 11) is -2.15. The van der Waals surface area contributed by atoms with E-state index in [-0.39, 0.29) is 46.4 Å². The first-order chi connectivity index (χ1) is 15.2. The van der Waals surface area contributed by atoms with Crippen LogP contribution in [0.2, 0.25) is 5.02 Å². The average molecular weight is 482 g/mol. The van der Waals surface area contributed by atoms with Gasteiger partial charge in [-0.2, -0.15) is 0 Å². The van der Waals surface area contributed by atoms with Crippen molar-refractivity contribution >= 4 is 33.2 Å². The number of hydrogen-bond donors (Lipinski definition) is 3. The van der Waals surface area contributed by atoms with E-state index in [2.05, 4.69) is 10.0 Å². The number of rotatable bonds is 7. The predicted molar refractivity (Wildman–Crippen MR) is 124 cm³/mol. The molecule has 0 bridgehead atoms. The molecule has 1 amide bonds. The summed E-state index contributed by atoms with van der Waals surface area (Å²) in [5, 5.41) is 13.2. The third-order valence-electron chi connectivity index (χ3n) is 5.46. The monoisotopic (exact) mass is 481 g/mol. The second-order valence-electron chi connectivity index (χ2n) is 7.92. The van der Waals surface area contributed by atoms with E-state index in [1.165, 1.54) is 24.3 Å². The number of hydrogen-bond acceptors (Lipinski definition) is 6. The molecule has 0 unspecified atom stereocenters. The quantitative estimate of drug-likeness (QED) is 0.561. The molecule has 1 heterocycles. The maximum absolute atomic E-state index is 13.4. The molecule has 8 nitrogen and oxygen atoms in total. The van der Waals surface area contributed by atoms with Gasteiger partial charge in [-0.25, -0.2) is 8.42 Å². The molecular formula is C22H28ClN3O5S. The van der Waals surface area contributed by atoms with Crippen LogP contribution in [0.5, 0.6) is 5.75 Å². The van der Waals surface area contributed by atoms with Crippen molar-refractivity contribution in [1.82, 2.24) is 10.2 Å². The van der Waals surface area contributed by atoms with E-state index in [1.54, 1.807) is 37.1 Å². The van der Waals surface area contributed by atoms with E-state index >= 15 is 0 Å². The number of anilines is 1. The lowest BCUT2D eigenvalue weighted by Gasteiger charge is -2.37. The number of nitrogens with zero attached hydrogens (tertiary/aromatic N) is 1. The van der Waals surface area contributed by atoms with Gasteiger partial charge in [-0.1, -0.05) is 24.6 Å². The van der Waals surface area contributed by atoms with E-state index < -0.39 is 16.1 Å². The summed E-state index contributed by atoms with van der Waals surface area (Å²) in [5.74, 6) is -0.240. The second-order valence-corrected chi connectivity index (χ2v) is 10.0. The van der Waals surface area contributed by atoms with Crippen molar-refractivity contribution in [3.8, 4) is 5.75 Å². The van der Waals surface area contributed by atoms with Gasteiger partial charge in [-0.3, -0.25) is 9.52 Å². The summed E-state index contributed by atoms with van der Waals surface area (Å²) >= 11 is 5.88. The van der Waals surface area contributed by atoms with E-state index in [0.29, 0.717) is 18.1 Å². The lowest BCUT2D eigenvalue weighted by atomic mass is 9.99. The zero-order valence-corrected chi connectivity index (χ0v) is 19.8. The standard InChI is InChI=1S/C22H28ClN3O5S/c1-14-12-26(15(2)13-27)22(28)18-5-4-6-19(21(18)31-20(14)11-24-3)25-32(29,30)17-9-7-16(23)8-10-17/h4-10,14-15,20,24-25,27H,11-13H2,1-3H3/t14-,15+,20+/m1/s1. The third kappa shape index (κ3) is 5.17. The SMILES string of the molecule is CNC[C@@H]1Oc2c(NS(=O)(=O)c3ccc(Cl)cc3)cccc2C(=O)N([C@@H](C)CO)C[C@H]1C. The van der Waals surface area contributed by atoms with E-state index in [9.17, 15) is 18.3 Å². The molecule has 1 aliphatic heterocycles. The van der Waals surface area contributed by atoms with E-state index in [4.69, 9.17) is 16.3 Å². The highest BCUT2D eigenvalue weighted by molar-refractivity contribution is 7.92. The number of aliphatic hydroxyl groups is 1. The minimum atomic E-state index is -3.95. The first-order valence-electron chi connectivity index (χ1n) is 10.3. The highest BCUT2D eigenvalue weighted by atomic mass is 35.5. The predicted octanol–water partition coefficient (Wildman–Crippen LogP) is 2.58. The molecule has 32 heavy (non-hydrogen) atoms. The maximum atomic E-state index is 13.4. The smallest absolute Gasteiger partial charge is 0.262 e. The van der Waals surface area contributed by atoms with Crippen LogP contribution in [0.1, 0.15) is 24.2 Å². The molecule has 0 aliphatic carbocycles. The van der Waals surface area contributed by atoms with Gasteiger partial charge in [0.2, 0.25) is 0 Å². The molecule has 174 valence electrons. The van der Waals surface area contributed by atoms with Crippen molar-refractivity contribution in [2.24, 2.45) is 5.92 Å². The van der Waals surface area contributed by atoms with Crippen LogP contribution in [0.15, 0.2) is 47.4 Å². The molecule has 3 rings (SSSR count). The van der Waals surface area contributed by atoms with Crippen LogP contribution in [-0.4, -0.2) is 63.2 Å². The summed E-state index contributed by atoms with van der Waals surface area (Å²) in [4.78, 5) is 15.0. The number of benzene rings is 2. The number of aliphatic hydroxyl groups excluding tert-OH is 1. The summed E-state index contributed by atoms with van der Waals surface area (Å²) in [6, 6.07) is 10.1.